The summed E-state index contributed by atoms with van der Waals surface area (Å²) < 4.78 is 31.5. The number of aliphatic hydroxyl groups excluding tert-OH is 3. The first kappa shape index (κ1) is 30.4. The van der Waals surface area contributed by atoms with Crippen molar-refractivity contribution in [1.82, 2.24) is 10.2 Å². The van der Waals surface area contributed by atoms with Gasteiger partial charge in [0.15, 0.2) is 5.76 Å². The third-order valence-electron chi connectivity index (χ3n) is 7.33. The number of likely N-dealkylation sites (tertiary alicyclic amines) is 1. The van der Waals surface area contributed by atoms with Crippen molar-refractivity contribution in [3.8, 4) is 0 Å². The Labute approximate surface area is 224 Å². The van der Waals surface area contributed by atoms with Crippen LogP contribution in [0.5, 0.6) is 0 Å². The van der Waals surface area contributed by atoms with Gasteiger partial charge in [-0.2, -0.15) is 0 Å². The van der Waals surface area contributed by atoms with Crippen LogP contribution in [0.25, 0.3) is 0 Å². The smallest absolute Gasteiger partial charge is 0.396 e. The summed E-state index contributed by atoms with van der Waals surface area (Å²) in [7, 11) is 0. The maximum atomic E-state index is 15.6. The summed E-state index contributed by atoms with van der Waals surface area (Å²) in [5.74, 6) is -0.760. The molecule has 2 aliphatic rings. The van der Waals surface area contributed by atoms with E-state index in [4.69, 9.17) is 25.2 Å². The zero-order valence-corrected chi connectivity index (χ0v) is 23.1. The van der Waals surface area contributed by atoms with E-state index in [1.165, 1.54) is 0 Å². The second kappa shape index (κ2) is 12.8. The molecule has 1 aromatic heterocycles. The molecule has 212 valence electrons. The van der Waals surface area contributed by atoms with Gasteiger partial charge in [-0.05, 0) is 45.8 Å². The van der Waals surface area contributed by atoms with E-state index in [0.717, 1.165) is 11.8 Å². The molecule has 0 saturated carbocycles. The Hall–Kier alpha value is -1.15. The molecule has 10 nitrogen and oxygen atoms in total. The SMILES string of the molecule is CCCC1(F)CCC(C(=O)NC(C(C)Cl)C2OC(SC)C(O)C(O)C2O)N(Cc2oc(=O)oc2C)CC1. The number of ether oxygens (including phenoxy) is 1. The molecule has 0 spiro atoms. The highest BCUT2D eigenvalue weighted by molar-refractivity contribution is 7.99. The van der Waals surface area contributed by atoms with Gasteiger partial charge in [0.2, 0.25) is 5.91 Å². The fourth-order valence-corrected chi connectivity index (χ4v) is 6.06. The number of carbonyl (C=O) groups excluding carboxylic acids is 1. The molecule has 0 aromatic carbocycles. The van der Waals surface area contributed by atoms with Gasteiger partial charge in [-0.3, -0.25) is 9.69 Å². The van der Waals surface area contributed by atoms with Gasteiger partial charge in [-0.15, -0.1) is 23.4 Å². The van der Waals surface area contributed by atoms with Crippen molar-refractivity contribution in [2.45, 2.75) is 112 Å². The molecule has 1 amide bonds. The summed E-state index contributed by atoms with van der Waals surface area (Å²) in [6.45, 7) is 5.43. The van der Waals surface area contributed by atoms with E-state index >= 15 is 4.39 Å². The molecule has 13 heteroatoms. The number of carbonyl (C=O) groups is 1. The molecule has 9 unspecified atom stereocenters. The molecular formula is C24H38ClFN2O8S. The van der Waals surface area contributed by atoms with Crippen LogP contribution in [0.4, 0.5) is 4.39 Å². The second-order valence-electron chi connectivity index (χ2n) is 10.00. The lowest BCUT2D eigenvalue weighted by Crippen LogP contribution is -2.65. The number of amides is 1. The summed E-state index contributed by atoms with van der Waals surface area (Å²) in [5.41, 5.74) is -2.26. The van der Waals surface area contributed by atoms with Gasteiger partial charge in [0.25, 0.3) is 0 Å². The Balaban J connectivity index is 1.85. The van der Waals surface area contributed by atoms with Crippen LogP contribution in [-0.4, -0.2) is 91.9 Å². The van der Waals surface area contributed by atoms with E-state index in [0.29, 0.717) is 12.8 Å². The maximum absolute atomic E-state index is 15.6. The van der Waals surface area contributed by atoms with Crippen molar-refractivity contribution in [2.24, 2.45) is 0 Å². The molecule has 1 aromatic rings. The topological polar surface area (TPSA) is 146 Å². The first-order valence-corrected chi connectivity index (χ1v) is 14.3. The van der Waals surface area contributed by atoms with E-state index in [-0.39, 0.29) is 43.9 Å². The average Bonchev–Trinajstić information content (AvgIpc) is 3.06. The number of thioether (sulfide) groups is 1. The number of halogens is 2. The number of hydrogen-bond donors (Lipinski definition) is 4. The molecule has 2 fully saturated rings. The number of hydrogen-bond acceptors (Lipinski definition) is 10. The molecule has 0 aliphatic carbocycles. The fraction of sp³-hybridized carbons (Fsp3) is 0.833. The molecule has 2 aliphatic heterocycles. The minimum absolute atomic E-state index is 0.0704. The predicted molar refractivity (Wildman–Crippen MR) is 136 cm³/mol. The highest BCUT2D eigenvalue weighted by atomic mass is 35.5. The van der Waals surface area contributed by atoms with Crippen LogP contribution >= 0.6 is 23.4 Å². The van der Waals surface area contributed by atoms with Crippen LogP contribution in [0.1, 0.15) is 57.5 Å². The maximum Gasteiger partial charge on any atom is 0.519 e. The second-order valence-corrected chi connectivity index (χ2v) is 11.6. The van der Waals surface area contributed by atoms with Gasteiger partial charge in [-0.1, -0.05) is 13.3 Å². The van der Waals surface area contributed by atoms with Crippen molar-refractivity contribution in [3.05, 3.63) is 22.1 Å². The highest BCUT2D eigenvalue weighted by Gasteiger charge is 2.48. The van der Waals surface area contributed by atoms with Crippen LogP contribution in [-0.2, 0) is 16.1 Å². The third-order valence-corrected chi connectivity index (χ3v) is 8.46. The molecule has 0 bridgehead atoms. The van der Waals surface area contributed by atoms with E-state index in [1.54, 1.807) is 25.0 Å². The Morgan fingerprint density at radius 3 is 2.54 bits per heavy atom. The van der Waals surface area contributed by atoms with E-state index in [1.807, 2.05) is 6.92 Å². The normalized spacial score (nSPS) is 35.1. The lowest BCUT2D eigenvalue weighted by molar-refractivity contribution is -0.205. The van der Waals surface area contributed by atoms with Crippen LogP contribution in [0.2, 0.25) is 0 Å². The van der Waals surface area contributed by atoms with Crippen molar-refractivity contribution in [3.63, 3.8) is 0 Å². The molecule has 4 N–H and O–H groups in total. The quantitative estimate of drug-likeness (QED) is 0.325. The number of rotatable bonds is 9. The molecule has 37 heavy (non-hydrogen) atoms. The summed E-state index contributed by atoms with van der Waals surface area (Å²) in [5, 5.41) is 33.3. The van der Waals surface area contributed by atoms with Gasteiger partial charge in [-0.25, -0.2) is 9.18 Å². The minimum atomic E-state index is -1.50. The summed E-state index contributed by atoms with van der Waals surface area (Å²) >= 11 is 7.57. The number of alkyl halides is 2. The monoisotopic (exact) mass is 568 g/mol. The van der Waals surface area contributed by atoms with Gasteiger partial charge >= 0.3 is 5.82 Å². The van der Waals surface area contributed by atoms with Gasteiger partial charge in [0, 0.05) is 6.54 Å². The largest absolute Gasteiger partial charge is 0.519 e. The van der Waals surface area contributed by atoms with Crippen molar-refractivity contribution < 1.29 is 38.1 Å². The van der Waals surface area contributed by atoms with Crippen molar-refractivity contribution in [1.29, 1.82) is 0 Å². The summed E-state index contributed by atoms with van der Waals surface area (Å²) in [4.78, 5) is 27.0. The number of nitrogens with one attached hydrogen (secondary N) is 1. The summed E-state index contributed by atoms with van der Waals surface area (Å²) in [6, 6.07) is -1.72. The fourth-order valence-electron chi connectivity index (χ4n) is 5.17. The van der Waals surface area contributed by atoms with Gasteiger partial charge in [0.05, 0.1) is 24.0 Å². The Morgan fingerprint density at radius 1 is 1.27 bits per heavy atom. The zero-order valence-electron chi connectivity index (χ0n) is 21.6. The van der Waals surface area contributed by atoms with E-state index in [2.05, 4.69) is 5.32 Å². The van der Waals surface area contributed by atoms with Crippen LogP contribution in [0.3, 0.4) is 0 Å². The minimum Gasteiger partial charge on any atom is -0.396 e. The lowest BCUT2D eigenvalue weighted by atomic mass is 9.90. The van der Waals surface area contributed by atoms with Gasteiger partial charge in [0.1, 0.15) is 41.3 Å². The zero-order chi connectivity index (χ0) is 27.5. The van der Waals surface area contributed by atoms with Crippen molar-refractivity contribution in [2.75, 3.05) is 12.8 Å². The first-order chi connectivity index (χ1) is 17.4. The molecular weight excluding hydrogens is 531 g/mol. The summed E-state index contributed by atoms with van der Waals surface area (Å²) in [6.07, 6.45) is -2.09. The van der Waals surface area contributed by atoms with Gasteiger partial charge < -0.3 is 34.2 Å². The Bertz CT molecular complexity index is 961. The molecule has 3 heterocycles. The first-order valence-electron chi connectivity index (χ1n) is 12.6. The van der Waals surface area contributed by atoms with Crippen LogP contribution < -0.4 is 11.1 Å². The Morgan fingerprint density at radius 2 is 1.97 bits per heavy atom. The predicted octanol–water partition coefficient (Wildman–Crippen LogP) is 1.69. The molecule has 3 rings (SSSR count). The van der Waals surface area contributed by atoms with E-state index in [9.17, 15) is 24.9 Å². The lowest BCUT2D eigenvalue weighted by Gasteiger charge is -2.44. The number of nitrogens with zero attached hydrogens (tertiary/aromatic N) is 1. The number of aliphatic hydroxyl groups is 3. The number of aryl methyl sites for hydroxylation is 1. The van der Waals surface area contributed by atoms with E-state index < -0.39 is 64.7 Å². The highest BCUT2D eigenvalue weighted by Crippen LogP contribution is 2.35. The van der Waals surface area contributed by atoms with Crippen LogP contribution in [0.15, 0.2) is 13.6 Å². The molecule has 9 atom stereocenters. The molecule has 0 radical (unpaired) electrons. The standard InChI is InChI=1S/C24H38ClFN2O8S/c1-5-7-24(26)8-6-14(28(10-9-24)11-15-13(3)34-23(33)35-15)21(32)27-16(12(2)25)20-18(30)17(29)19(31)22(36-20)37-4/h12,14,16-20,22,29-31H,5-11H2,1-4H3,(H,27,32). The molecule has 2 saturated heterocycles. The van der Waals surface area contributed by atoms with Crippen LogP contribution in [0, 0.1) is 6.92 Å². The third kappa shape index (κ3) is 7.09. The Kier molecular flexibility index (Phi) is 10.5. The van der Waals surface area contributed by atoms with Crippen molar-refractivity contribution >= 4 is 29.3 Å². The average molecular weight is 569 g/mol.